The Morgan fingerprint density at radius 3 is 2.26 bits per heavy atom. The standard InChI is InChI=1S/C14H12BrF5INO/c15-10-5-3-9(4-6-10)12(23)22-7-1-2-11(21)8-13(16,17)14(18,19)20/h3-6,8H,1-2,7H2,(H,22,23). The Morgan fingerprint density at radius 1 is 1.17 bits per heavy atom. The lowest BCUT2D eigenvalue weighted by Crippen LogP contribution is -2.34. The monoisotopic (exact) mass is 511 g/mol. The van der Waals surface area contributed by atoms with Crippen molar-refractivity contribution in [2.24, 2.45) is 0 Å². The number of nitrogens with one attached hydrogen (secondary N) is 1. The van der Waals surface area contributed by atoms with E-state index in [9.17, 15) is 26.7 Å². The van der Waals surface area contributed by atoms with Crippen LogP contribution in [0.25, 0.3) is 0 Å². The highest BCUT2D eigenvalue weighted by Gasteiger charge is 2.55. The summed E-state index contributed by atoms with van der Waals surface area (Å²) >= 11 is 4.67. The number of allylic oxidation sites excluding steroid dienone is 2. The topological polar surface area (TPSA) is 29.1 Å². The first kappa shape index (κ1) is 20.3. The summed E-state index contributed by atoms with van der Waals surface area (Å²) in [5.41, 5.74) is 0.432. The summed E-state index contributed by atoms with van der Waals surface area (Å²) in [6.45, 7) is 0.173. The maximum absolute atomic E-state index is 12.8. The van der Waals surface area contributed by atoms with Gasteiger partial charge in [-0.1, -0.05) is 15.9 Å². The van der Waals surface area contributed by atoms with Gasteiger partial charge in [-0.2, -0.15) is 22.0 Å². The highest BCUT2D eigenvalue weighted by Crippen LogP contribution is 2.38. The Kier molecular flexibility index (Phi) is 7.43. The number of benzene rings is 1. The van der Waals surface area contributed by atoms with Crippen molar-refractivity contribution in [3.05, 3.63) is 44.0 Å². The predicted molar refractivity (Wildman–Crippen MR) is 88.8 cm³/mol. The molecule has 1 amide bonds. The number of carbonyl (C=O) groups is 1. The molecule has 0 aliphatic heterocycles. The van der Waals surface area contributed by atoms with Crippen molar-refractivity contribution in [2.75, 3.05) is 6.54 Å². The van der Waals surface area contributed by atoms with Crippen molar-refractivity contribution >= 4 is 44.4 Å². The van der Waals surface area contributed by atoms with Gasteiger partial charge >= 0.3 is 12.1 Å². The molecule has 0 aliphatic carbocycles. The van der Waals surface area contributed by atoms with Crippen LogP contribution in [0.4, 0.5) is 22.0 Å². The largest absolute Gasteiger partial charge is 0.457 e. The van der Waals surface area contributed by atoms with Crippen molar-refractivity contribution in [3.63, 3.8) is 0 Å². The fourth-order valence-corrected chi connectivity index (χ4v) is 2.55. The van der Waals surface area contributed by atoms with Crippen molar-refractivity contribution in [2.45, 2.75) is 24.9 Å². The molecule has 0 aliphatic rings. The van der Waals surface area contributed by atoms with Crippen LogP contribution in [0.15, 0.2) is 38.4 Å². The summed E-state index contributed by atoms with van der Waals surface area (Å²) in [6.07, 6.45) is -5.42. The number of rotatable bonds is 6. The molecule has 0 radical (unpaired) electrons. The molecule has 9 heteroatoms. The predicted octanol–water partition coefficient (Wildman–Crippen LogP) is 5.48. The molecule has 2 nitrogen and oxygen atoms in total. The molecule has 0 spiro atoms. The fraction of sp³-hybridized carbons (Fsp3) is 0.357. The molecule has 0 atom stereocenters. The van der Waals surface area contributed by atoms with Gasteiger partial charge in [0.25, 0.3) is 5.91 Å². The van der Waals surface area contributed by atoms with Crippen LogP contribution in [-0.4, -0.2) is 24.6 Å². The summed E-state index contributed by atoms with van der Waals surface area (Å²) in [6, 6.07) is 6.60. The molecule has 0 bridgehead atoms. The van der Waals surface area contributed by atoms with Crippen LogP contribution in [0.2, 0.25) is 0 Å². The van der Waals surface area contributed by atoms with Crippen LogP contribution in [-0.2, 0) is 0 Å². The highest BCUT2D eigenvalue weighted by molar-refractivity contribution is 14.1. The quantitative estimate of drug-likeness (QED) is 0.306. The number of amides is 1. The second-order valence-corrected chi connectivity index (χ2v) is 6.88. The van der Waals surface area contributed by atoms with E-state index in [4.69, 9.17) is 0 Å². The van der Waals surface area contributed by atoms with Gasteiger partial charge in [-0.3, -0.25) is 4.79 Å². The van der Waals surface area contributed by atoms with E-state index in [0.717, 1.165) is 4.47 Å². The molecule has 0 saturated heterocycles. The van der Waals surface area contributed by atoms with Gasteiger partial charge in [-0.15, -0.1) is 0 Å². The first-order valence-electron chi connectivity index (χ1n) is 6.38. The van der Waals surface area contributed by atoms with Crippen LogP contribution in [0.1, 0.15) is 23.2 Å². The lowest BCUT2D eigenvalue weighted by Gasteiger charge is -2.16. The minimum absolute atomic E-state index is 0.0207. The van der Waals surface area contributed by atoms with Gasteiger partial charge in [0.05, 0.1) is 0 Å². The van der Waals surface area contributed by atoms with Crippen molar-refractivity contribution < 1.29 is 26.7 Å². The van der Waals surface area contributed by atoms with Crippen molar-refractivity contribution in [3.8, 4) is 0 Å². The summed E-state index contributed by atoms with van der Waals surface area (Å²) in [5.74, 6) is -5.18. The van der Waals surface area contributed by atoms with Crippen LogP contribution >= 0.6 is 38.5 Å². The molecule has 1 aromatic rings. The van der Waals surface area contributed by atoms with E-state index in [1.807, 2.05) is 0 Å². The van der Waals surface area contributed by atoms with Crippen LogP contribution in [0.3, 0.4) is 0 Å². The Labute approximate surface area is 151 Å². The molecule has 128 valence electrons. The third-order valence-electron chi connectivity index (χ3n) is 2.70. The van der Waals surface area contributed by atoms with E-state index in [2.05, 4.69) is 21.2 Å². The van der Waals surface area contributed by atoms with E-state index in [1.54, 1.807) is 24.3 Å². The Hall–Kier alpha value is -0.710. The summed E-state index contributed by atoms with van der Waals surface area (Å²) < 4.78 is 62.4. The van der Waals surface area contributed by atoms with E-state index < -0.39 is 12.1 Å². The molecule has 0 saturated carbocycles. The number of halogens is 7. The van der Waals surface area contributed by atoms with Gasteiger partial charge in [0.2, 0.25) is 0 Å². The van der Waals surface area contributed by atoms with Gasteiger partial charge in [0, 0.05) is 22.7 Å². The Bertz CT molecular complexity index is 572. The van der Waals surface area contributed by atoms with Crippen LogP contribution in [0, 0.1) is 0 Å². The number of hydrogen-bond donors (Lipinski definition) is 1. The summed E-state index contributed by atoms with van der Waals surface area (Å²) in [5, 5.41) is 2.57. The van der Waals surface area contributed by atoms with Crippen molar-refractivity contribution in [1.29, 1.82) is 0 Å². The van der Waals surface area contributed by atoms with Gasteiger partial charge in [0.15, 0.2) is 0 Å². The molecular weight excluding hydrogens is 500 g/mol. The third kappa shape index (κ3) is 6.74. The highest BCUT2D eigenvalue weighted by atomic mass is 127. The Balaban J connectivity index is 2.42. The van der Waals surface area contributed by atoms with Gasteiger partial charge in [-0.05, 0) is 63.3 Å². The third-order valence-corrected chi connectivity index (χ3v) is 4.08. The summed E-state index contributed by atoms with van der Waals surface area (Å²) in [7, 11) is 0. The Morgan fingerprint density at radius 2 is 1.74 bits per heavy atom. The van der Waals surface area contributed by atoms with E-state index in [0.29, 0.717) is 5.56 Å². The maximum atomic E-state index is 12.8. The maximum Gasteiger partial charge on any atom is 0.457 e. The van der Waals surface area contributed by atoms with Gasteiger partial charge < -0.3 is 5.32 Å². The molecular formula is C14H12BrF5INO. The number of carbonyl (C=O) groups excluding carboxylic acids is 1. The zero-order valence-corrected chi connectivity index (χ0v) is 15.3. The fourth-order valence-electron chi connectivity index (χ4n) is 1.51. The molecule has 1 N–H and O–H groups in total. The minimum atomic E-state index is -5.60. The molecule has 0 fully saturated rings. The van der Waals surface area contributed by atoms with E-state index >= 15 is 0 Å². The molecule has 0 aromatic heterocycles. The normalized spacial score (nSPS) is 13.1. The van der Waals surface area contributed by atoms with Crippen LogP contribution < -0.4 is 5.32 Å². The number of alkyl halides is 5. The average molecular weight is 512 g/mol. The van der Waals surface area contributed by atoms with Crippen molar-refractivity contribution in [1.82, 2.24) is 5.32 Å². The minimum Gasteiger partial charge on any atom is -0.352 e. The second kappa shape index (κ2) is 8.41. The first-order chi connectivity index (χ1) is 10.5. The smallest absolute Gasteiger partial charge is 0.352 e. The number of hydrogen-bond acceptors (Lipinski definition) is 1. The molecule has 0 heterocycles. The van der Waals surface area contributed by atoms with E-state index in [-0.39, 0.29) is 34.9 Å². The van der Waals surface area contributed by atoms with Crippen LogP contribution in [0.5, 0.6) is 0 Å². The van der Waals surface area contributed by atoms with E-state index in [1.165, 1.54) is 22.6 Å². The lowest BCUT2D eigenvalue weighted by molar-refractivity contribution is -0.259. The summed E-state index contributed by atoms with van der Waals surface area (Å²) in [4.78, 5) is 11.7. The second-order valence-electron chi connectivity index (χ2n) is 4.58. The molecule has 0 unspecified atom stereocenters. The average Bonchev–Trinajstić information content (AvgIpc) is 2.42. The first-order valence-corrected chi connectivity index (χ1v) is 8.25. The van der Waals surface area contributed by atoms with Gasteiger partial charge in [-0.25, -0.2) is 0 Å². The zero-order chi connectivity index (χ0) is 17.7. The molecule has 1 rings (SSSR count). The zero-order valence-electron chi connectivity index (χ0n) is 11.6. The van der Waals surface area contributed by atoms with Gasteiger partial charge in [0.1, 0.15) is 0 Å². The SMILES string of the molecule is O=C(NCCCC(I)=CC(F)(F)C(F)(F)F)c1ccc(Br)cc1. The lowest BCUT2D eigenvalue weighted by atomic mass is 10.2. The molecule has 1 aromatic carbocycles. The molecule has 23 heavy (non-hydrogen) atoms.